The molecule has 1 rings (SSSR count). The van der Waals surface area contributed by atoms with Gasteiger partial charge in [-0.2, -0.15) is 0 Å². The predicted octanol–water partition coefficient (Wildman–Crippen LogP) is 2.15. The van der Waals surface area contributed by atoms with Crippen molar-refractivity contribution in [1.82, 2.24) is 0 Å². The lowest BCUT2D eigenvalue weighted by molar-refractivity contribution is 0.375. The molecule has 0 spiro atoms. The Hall–Kier alpha value is -1.25. The molecule has 0 fully saturated rings. The Balaban J connectivity index is 3.16. The standard InChI is InChI=1S/C9H11FO2/c1-6-4-9(12-3)7(10)5-8(6)11-2/h4-5H,1-3H3. The minimum absolute atomic E-state index is 0.244. The Kier molecular flexibility index (Phi) is 2.53. The van der Waals surface area contributed by atoms with Crippen molar-refractivity contribution in [1.29, 1.82) is 0 Å². The van der Waals surface area contributed by atoms with Crippen LogP contribution in [0.5, 0.6) is 11.5 Å². The number of benzene rings is 1. The molecule has 0 unspecified atom stereocenters. The average Bonchev–Trinajstić information content (AvgIpc) is 2.08. The molecular formula is C9H11FO2. The first-order valence-corrected chi connectivity index (χ1v) is 3.57. The third kappa shape index (κ3) is 1.49. The molecule has 3 heteroatoms. The molecule has 0 aliphatic heterocycles. The fourth-order valence-electron chi connectivity index (χ4n) is 1.01. The van der Waals surface area contributed by atoms with Crippen LogP contribution in [0, 0.1) is 12.7 Å². The van der Waals surface area contributed by atoms with Crippen LogP contribution in [-0.2, 0) is 0 Å². The number of hydrogen-bond acceptors (Lipinski definition) is 2. The Morgan fingerprint density at radius 2 is 1.67 bits per heavy atom. The lowest BCUT2D eigenvalue weighted by Crippen LogP contribution is -1.92. The third-order valence-corrected chi connectivity index (χ3v) is 1.67. The first kappa shape index (κ1) is 8.84. The molecule has 0 atom stereocenters. The van der Waals surface area contributed by atoms with E-state index >= 15 is 0 Å². The molecule has 0 saturated carbocycles. The van der Waals surface area contributed by atoms with Crippen LogP contribution in [0.25, 0.3) is 0 Å². The number of hydrogen-bond donors (Lipinski definition) is 0. The molecule has 0 aliphatic carbocycles. The van der Waals surface area contributed by atoms with E-state index in [2.05, 4.69) is 0 Å². The van der Waals surface area contributed by atoms with E-state index in [0.29, 0.717) is 5.75 Å². The average molecular weight is 170 g/mol. The number of methoxy groups -OCH3 is 2. The van der Waals surface area contributed by atoms with E-state index in [9.17, 15) is 4.39 Å². The SMILES string of the molecule is COc1cc(F)c(OC)cc1C. The van der Waals surface area contributed by atoms with E-state index in [0.717, 1.165) is 5.56 Å². The molecule has 0 radical (unpaired) electrons. The number of aryl methyl sites for hydroxylation is 1. The van der Waals surface area contributed by atoms with Crippen LogP contribution in [0.15, 0.2) is 12.1 Å². The van der Waals surface area contributed by atoms with Gasteiger partial charge >= 0.3 is 0 Å². The lowest BCUT2D eigenvalue weighted by Gasteiger charge is -2.07. The maximum atomic E-state index is 13.0. The molecule has 1 aromatic carbocycles. The fraction of sp³-hybridized carbons (Fsp3) is 0.333. The molecule has 0 bridgehead atoms. The summed E-state index contributed by atoms with van der Waals surface area (Å²) in [5.74, 6) is 0.376. The second-order valence-corrected chi connectivity index (χ2v) is 2.46. The summed E-state index contributed by atoms with van der Waals surface area (Å²) in [6.45, 7) is 1.83. The quantitative estimate of drug-likeness (QED) is 0.677. The van der Waals surface area contributed by atoms with E-state index in [1.807, 2.05) is 6.92 Å². The van der Waals surface area contributed by atoms with Crippen LogP contribution in [0.4, 0.5) is 4.39 Å². The lowest BCUT2D eigenvalue weighted by atomic mass is 10.2. The Morgan fingerprint density at radius 3 is 2.17 bits per heavy atom. The number of halogens is 1. The summed E-state index contributed by atoms with van der Waals surface area (Å²) in [7, 11) is 2.94. The summed E-state index contributed by atoms with van der Waals surface area (Å²) in [4.78, 5) is 0. The van der Waals surface area contributed by atoms with E-state index < -0.39 is 5.82 Å². The van der Waals surface area contributed by atoms with Gasteiger partial charge in [0.1, 0.15) is 5.75 Å². The van der Waals surface area contributed by atoms with Crippen molar-refractivity contribution in [3.8, 4) is 11.5 Å². The van der Waals surface area contributed by atoms with Crippen molar-refractivity contribution in [2.75, 3.05) is 14.2 Å². The summed E-state index contributed by atoms with van der Waals surface area (Å²) in [5, 5.41) is 0. The molecule has 0 heterocycles. The van der Waals surface area contributed by atoms with Crippen LogP contribution in [0.2, 0.25) is 0 Å². The van der Waals surface area contributed by atoms with E-state index in [4.69, 9.17) is 9.47 Å². The number of ether oxygens (including phenoxy) is 2. The molecule has 12 heavy (non-hydrogen) atoms. The van der Waals surface area contributed by atoms with Gasteiger partial charge in [-0.05, 0) is 18.6 Å². The van der Waals surface area contributed by atoms with Crippen LogP contribution < -0.4 is 9.47 Å². The van der Waals surface area contributed by atoms with Gasteiger partial charge in [-0.15, -0.1) is 0 Å². The van der Waals surface area contributed by atoms with Crippen molar-refractivity contribution in [2.24, 2.45) is 0 Å². The van der Waals surface area contributed by atoms with Crippen molar-refractivity contribution >= 4 is 0 Å². The zero-order valence-corrected chi connectivity index (χ0v) is 7.35. The summed E-state index contributed by atoms with van der Waals surface area (Å²) < 4.78 is 22.7. The van der Waals surface area contributed by atoms with Gasteiger partial charge in [0.2, 0.25) is 0 Å². The minimum Gasteiger partial charge on any atom is -0.496 e. The maximum Gasteiger partial charge on any atom is 0.168 e. The second-order valence-electron chi connectivity index (χ2n) is 2.46. The Morgan fingerprint density at radius 1 is 1.08 bits per heavy atom. The van der Waals surface area contributed by atoms with Crippen molar-refractivity contribution in [3.05, 3.63) is 23.5 Å². The monoisotopic (exact) mass is 170 g/mol. The summed E-state index contributed by atoms with van der Waals surface area (Å²) >= 11 is 0. The van der Waals surface area contributed by atoms with Gasteiger partial charge in [0, 0.05) is 6.07 Å². The van der Waals surface area contributed by atoms with E-state index in [1.165, 1.54) is 20.3 Å². The summed E-state index contributed by atoms with van der Waals surface area (Å²) in [6, 6.07) is 2.92. The molecule has 2 nitrogen and oxygen atoms in total. The van der Waals surface area contributed by atoms with Crippen LogP contribution in [0.3, 0.4) is 0 Å². The van der Waals surface area contributed by atoms with Gasteiger partial charge in [0.25, 0.3) is 0 Å². The van der Waals surface area contributed by atoms with E-state index in [-0.39, 0.29) is 5.75 Å². The Bertz CT molecular complexity index is 254. The smallest absolute Gasteiger partial charge is 0.168 e. The first-order valence-electron chi connectivity index (χ1n) is 3.57. The van der Waals surface area contributed by atoms with Gasteiger partial charge in [-0.3, -0.25) is 0 Å². The highest BCUT2D eigenvalue weighted by molar-refractivity contribution is 5.40. The largest absolute Gasteiger partial charge is 0.496 e. The van der Waals surface area contributed by atoms with Crippen LogP contribution in [0.1, 0.15) is 5.56 Å². The molecule has 0 aliphatic rings. The zero-order valence-electron chi connectivity index (χ0n) is 7.35. The van der Waals surface area contributed by atoms with Crippen LogP contribution >= 0.6 is 0 Å². The first-order chi connectivity index (χ1) is 5.69. The Labute approximate surface area is 70.9 Å². The highest BCUT2D eigenvalue weighted by Gasteiger charge is 2.06. The zero-order chi connectivity index (χ0) is 9.14. The van der Waals surface area contributed by atoms with Crippen molar-refractivity contribution in [3.63, 3.8) is 0 Å². The molecule has 0 N–H and O–H groups in total. The normalized spacial score (nSPS) is 9.67. The van der Waals surface area contributed by atoms with Gasteiger partial charge in [-0.1, -0.05) is 0 Å². The molecule has 66 valence electrons. The predicted molar refractivity (Wildman–Crippen MR) is 44.2 cm³/mol. The van der Waals surface area contributed by atoms with Gasteiger partial charge in [0.05, 0.1) is 14.2 Å². The number of rotatable bonds is 2. The third-order valence-electron chi connectivity index (χ3n) is 1.67. The highest BCUT2D eigenvalue weighted by Crippen LogP contribution is 2.26. The highest BCUT2D eigenvalue weighted by atomic mass is 19.1. The molecule has 0 aromatic heterocycles. The van der Waals surface area contributed by atoms with Crippen LogP contribution in [-0.4, -0.2) is 14.2 Å². The van der Waals surface area contributed by atoms with Gasteiger partial charge in [-0.25, -0.2) is 4.39 Å². The van der Waals surface area contributed by atoms with Crippen molar-refractivity contribution < 1.29 is 13.9 Å². The van der Waals surface area contributed by atoms with Gasteiger partial charge in [0.15, 0.2) is 11.6 Å². The molecular weight excluding hydrogens is 159 g/mol. The second kappa shape index (κ2) is 3.43. The molecule has 0 amide bonds. The minimum atomic E-state index is -0.403. The summed E-state index contributed by atoms with van der Waals surface area (Å²) in [5.41, 5.74) is 0.857. The molecule has 0 saturated heterocycles. The molecule has 1 aromatic rings. The topological polar surface area (TPSA) is 18.5 Å². The summed E-state index contributed by atoms with van der Waals surface area (Å²) in [6.07, 6.45) is 0. The fourth-order valence-corrected chi connectivity index (χ4v) is 1.01. The maximum absolute atomic E-state index is 13.0. The van der Waals surface area contributed by atoms with Gasteiger partial charge < -0.3 is 9.47 Å². The van der Waals surface area contributed by atoms with E-state index in [1.54, 1.807) is 6.07 Å². The van der Waals surface area contributed by atoms with Crippen molar-refractivity contribution in [2.45, 2.75) is 6.92 Å².